The Kier molecular flexibility index (Phi) is 3.57. The average molecular weight is 262 g/mol. The minimum Gasteiger partial charge on any atom is -0.314 e. The molecular weight excluding hydrogens is 232 g/mol. The average Bonchev–Trinajstić information content (AvgIpc) is 3.37. The summed E-state index contributed by atoms with van der Waals surface area (Å²) >= 11 is 0. The second-order valence-electron chi connectivity index (χ2n) is 7.62. The monoisotopic (exact) mass is 262 g/mol. The molecular formula is C17H30N2. The highest BCUT2D eigenvalue weighted by Gasteiger charge is 2.44. The molecule has 4 rings (SSSR count). The zero-order valence-corrected chi connectivity index (χ0v) is 12.2. The molecule has 3 saturated carbocycles. The van der Waals surface area contributed by atoms with Gasteiger partial charge in [-0.2, -0.15) is 0 Å². The van der Waals surface area contributed by atoms with Crippen LogP contribution in [0.25, 0.3) is 0 Å². The second-order valence-corrected chi connectivity index (χ2v) is 7.62. The molecule has 0 amide bonds. The van der Waals surface area contributed by atoms with Crippen molar-refractivity contribution in [1.82, 2.24) is 10.6 Å². The Bertz CT molecular complexity index is 290. The molecule has 1 aliphatic heterocycles. The van der Waals surface area contributed by atoms with Crippen LogP contribution in [0, 0.1) is 17.8 Å². The van der Waals surface area contributed by atoms with E-state index in [1.54, 1.807) is 0 Å². The van der Waals surface area contributed by atoms with Gasteiger partial charge in [-0.05, 0) is 75.7 Å². The molecule has 0 aromatic heterocycles. The zero-order valence-electron chi connectivity index (χ0n) is 12.2. The van der Waals surface area contributed by atoms with Crippen LogP contribution in [0.2, 0.25) is 0 Å². The first-order chi connectivity index (χ1) is 9.42. The third kappa shape index (κ3) is 2.85. The number of rotatable bonds is 5. The molecule has 1 heterocycles. The van der Waals surface area contributed by atoms with E-state index in [-0.39, 0.29) is 0 Å². The highest BCUT2D eigenvalue weighted by atomic mass is 15.0. The van der Waals surface area contributed by atoms with Crippen LogP contribution in [0.15, 0.2) is 0 Å². The molecule has 0 aromatic carbocycles. The van der Waals surface area contributed by atoms with E-state index in [1.807, 2.05) is 0 Å². The Morgan fingerprint density at radius 2 is 1.58 bits per heavy atom. The van der Waals surface area contributed by atoms with Crippen molar-refractivity contribution in [2.75, 3.05) is 6.54 Å². The van der Waals surface area contributed by atoms with Gasteiger partial charge in [-0.3, -0.25) is 0 Å². The Morgan fingerprint density at radius 1 is 0.789 bits per heavy atom. The molecule has 3 aliphatic carbocycles. The fraction of sp³-hybridized carbons (Fsp3) is 1.00. The van der Waals surface area contributed by atoms with Crippen molar-refractivity contribution < 1.29 is 0 Å². The van der Waals surface area contributed by atoms with Crippen molar-refractivity contribution >= 4 is 0 Å². The van der Waals surface area contributed by atoms with Gasteiger partial charge in [0.1, 0.15) is 0 Å². The van der Waals surface area contributed by atoms with Gasteiger partial charge in [-0.25, -0.2) is 0 Å². The summed E-state index contributed by atoms with van der Waals surface area (Å²) in [6, 6.07) is 2.56. The normalized spacial score (nSPS) is 39.9. The smallest absolute Gasteiger partial charge is 0.0126 e. The lowest BCUT2D eigenvalue weighted by Gasteiger charge is -2.35. The van der Waals surface area contributed by atoms with Crippen LogP contribution in [0.5, 0.6) is 0 Å². The van der Waals surface area contributed by atoms with E-state index in [0.29, 0.717) is 0 Å². The van der Waals surface area contributed by atoms with Gasteiger partial charge in [0.25, 0.3) is 0 Å². The summed E-state index contributed by atoms with van der Waals surface area (Å²) in [5.74, 6) is 3.03. The molecule has 2 nitrogen and oxygen atoms in total. The lowest BCUT2D eigenvalue weighted by molar-refractivity contribution is 0.234. The summed E-state index contributed by atoms with van der Waals surface area (Å²) in [5, 5.41) is 7.96. The third-order valence-corrected chi connectivity index (χ3v) is 6.10. The number of nitrogens with one attached hydrogen (secondary N) is 2. The van der Waals surface area contributed by atoms with Gasteiger partial charge in [0.15, 0.2) is 0 Å². The SMILES string of the molecule is C1CCC(C2CCCC2NC(C2CC2)C2CC2)NC1. The largest absolute Gasteiger partial charge is 0.314 e. The van der Waals surface area contributed by atoms with Crippen molar-refractivity contribution in [2.24, 2.45) is 17.8 Å². The molecule has 0 spiro atoms. The molecule has 108 valence electrons. The van der Waals surface area contributed by atoms with Crippen LogP contribution in [-0.2, 0) is 0 Å². The fourth-order valence-corrected chi connectivity index (χ4v) is 4.74. The Morgan fingerprint density at radius 3 is 2.21 bits per heavy atom. The quantitative estimate of drug-likeness (QED) is 0.795. The van der Waals surface area contributed by atoms with E-state index >= 15 is 0 Å². The molecule has 0 radical (unpaired) electrons. The maximum atomic E-state index is 4.15. The van der Waals surface area contributed by atoms with Gasteiger partial charge in [0, 0.05) is 18.1 Å². The summed E-state index contributed by atoms with van der Waals surface area (Å²) in [6.07, 6.45) is 14.7. The van der Waals surface area contributed by atoms with Crippen molar-refractivity contribution in [3.05, 3.63) is 0 Å². The molecule has 2 N–H and O–H groups in total. The van der Waals surface area contributed by atoms with E-state index in [2.05, 4.69) is 10.6 Å². The van der Waals surface area contributed by atoms with E-state index in [9.17, 15) is 0 Å². The minimum absolute atomic E-state index is 0.827. The predicted molar refractivity (Wildman–Crippen MR) is 79.1 cm³/mol. The highest BCUT2D eigenvalue weighted by molar-refractivity contribution is 5.01. The second kappa shape index (κ2) is 5.37. The van der Waals surface area contributed by atoms with Crippen molar-refractivity contribution in [1.29, 1.82) is 0 Å². The number of piperidine rings is 1. The van der Waals surface area contributed by atoms with E-state index in [4.69, 9.17) is 0 Å². The third-order valence-electron chi connectivity index (χ3n) is 6.10. The Labute approximate surface area is 118 Å². The molecule has 3 unspecified atom stereocenters. The van der Waals surface area contributed by atoms with Crippen LogP contribution in [0.4, 0.5) is 0 Å². The number of hydrogen-bond donors (Lipinski definition) is 2. The Balaban J connectivity index is 1.38. The Hall–Kier alpha value is -0.0800. The van der Waals surface area contributed by atoms with Crippen LogP contribution in [0.3, 0.4) is 0 Å². The summed E-state index contributed by atoms with van der Waals surface area (Å²) in [5.41, 5.74) is 0. The predicted octanol–water partition coefficient (Wildman–Crippen LogP) is 3.08. The molecule has 4 fully saturated rings. The van der Waals surface area contributed by atoms with Crippen LogP contribution < -0.4 is 10.6 Å². The first-order valence-electron chi connectivity index (χ1n) is 8.91. The molecule has 0 bridgehead atoms. The minimum atomic E-state index is 0.827. The molecule has 3 atom stereocenters. The van der Waals surface area contributed by atoms with Gasteiger partial charge in [0.05, 0.1) is 0 Å². The fourth-order valence-electron chi connectivity index (χ4n) is 4.74. The van der Waals surface area contributed by atoms with Crippen molar-refractivity contribution in [2.45, 2.75) is 82.3 Å². The molecule has 1 saturated heterocycles. The lowest BCUT2D eigenvalue weighted by Crippen LogP contribution is -2.50. The maximum absolute atomic E-state index is 4.15. The number of hydrogen-bond acceptors (Lipinski definition) is 2. The zero-order chi connectivity index (χ0) is 12.7. The van der Waals surface area contributed by atoms with Crippen molar-refractivity contribution in [3.8, 4) is 0 Å². The standard InChI is InChI=1S/C17H30N2/c1-2-11-18-15(5-1)14-4-3-6-16(14)19-17(12-7-8-12)13-9-10-13/h12-19H,1-11H2. The van der Waals surface area contributed by atoms with Crippen LogP contribution in [0.1, 0.15) is 64.2 Å². The molecule has 2 heteroatoms. The highest BCUT2D eigenvalue weighted by Crippen LogP contribution is 2.45. The van der Waals surface area contributed by atoms with E-state index < -0.39 is 0 Å². The van der Waals surface area contributed by atoms with Crippen molar-refractivity contribution in [3.63, 3.8) is 0 Å². The summed E-state index contributed by atoms with van der Waals surface area (Å²) in [7, 11) is 0. The lowest BCUT2D eigenvalue weighted by atomic mass is 9.87. The van der Waals surface area contributed by atoms with Crippen LogP contribution >= 0.6 is 0 Å². The summed E-state index contributed by atoms with van der Waals surface area (Å²) < 4.78 is 0. The first kappa shape index (κ1) is 12.6. The molecule has 0 aromatic rings. The molecule has 19 heavy (non-hydrogen) atoms. The van der Waals surface area contributed by atoms with Gasteiger partial charge in [-0.1, -0.05) is 12.8 Å². The van der Waals surface area contributed by atoms with Gasteiger partial charge in [-0.15, -0.1) is 0 Å². The topological polar surface area (TPSA) is 24.1 Å². The summed E-state index contributed by atoms with van der Waals surface area (Å²) in [4.78, 5) is 0. The first-order valence-corrected chi connectivity index (χ1v) is 8.91. The molecule has 4 aliphatic rings. The van der Waals surface area contributed by atoms with Gasteiger partial charge < -0.3 is 10.6 Å². The maximum Gasteiger partial charge on any atom is 0.0126 e. The van der Waals surface area contributed by atoms with E-state index in [1.165, 1.54) is 70.8 Å². The van der Waals surface area contributed by atoms with E-state index in [0.717, 1.165) is 35.9 Å². The summed E-state index contributed by atoms with van der Waals surface area (Å²) in [6.45, 7) is 1.27. The van der Waals surface area contributed by atoms with Gasteiger partial charge in [0.2, 0.25) is 0 Å². The van der Waals surface area contributed by atoms with Gasteiger partial charge >= 0.3 is 0 Å². The van der Waals surface area contributed by atoms with Crippen LogP contribution in [-0.4, -0.2) is 24.7 Å².